The molecule has 53 heavy (non-hydrogen) atoms. The molecule has 1 aliphatic carbocycles. The number of allylic oxidation sites excluding steroid dienone is 1. The highest BCUT2D eigenvalue weighted by molar-refractivity contribution is 6.89. The summed E-state index contributed by atoms with van der Waals surface area (Å²) in [6.45, 7) is 17.2. The van der Waals surface area contributed by atoms with Crippen molar-refractivity contribution in [2.24, 2.45) is 10.9 Å². The number of aryl methyl sites for hydroxylation is 1. The Morgan fingerprint density at radius 3 is 2.45 bits per heavy atom. The summed E-state index contributed by atoms with van der Waals surface area (Å²) in [7, 11) is -1.67. The van der Waals surface area contributed by atoms with Crippen molar-refractivity contribution in [3.63, 3.8) is 0 Å². The molecule has 6 aromatic rings. The molecule has 0 bridgehead atoms. The molecule has 1 saturated carbocycles. The Bertz CT molecular complexity index is 2430. The van der Waals surface area contributed by atoms with Gasteiger partial charge in [0.25, 0.3) is 0 Å². The first kappa shape index (κ1) is 33.9. The molecule has 9 rings (SSSR count). The number of aromatic nitrogens is 2. The normalized spacial score (nSPS) is 20.2. The first-order valence-electron chi connectivity index (χ1n) is 19.7. The predicted octanol–water partition coefficient (Wildman–Crippen LogP) is 11.1. The Balaban J connectivity index is 1.17. The van der Waals surface area contributed by atoms with Crippen molar-refractivity contribution in [3.8, 4) is 22.5 Å². The van der Waals surface area contributed by atoms with Crippen molar-refractivity contribution in [1.82, 2.24) is 4.98 Å². The van der Waals surface area contributed by atoms with Gasteiger partial charge in [0.2, 0.25) is 11.4 Å². The van der Waals surface area contributed by atoms with Crippen LogP contribution in [0.1, 0.15) is 72.7 Å². The maximum atomic E-state index is 6.70. The molecule has 1 fully saturated rings. The first-order chi connectivity index (χ1) is 25.8. The van der Waals surface area contributed by atoms with Crippen molar-refractivity contribution in [2.45, 2.75) is 83.0 Å². The zero-order valence-corrected chi connectivity index (χ0v) is 32.5. The average Bonchev–Trinajstić information content (AvgIpc) is 3.55. The van der Waals surface area contributed by atoms with Gasteiger partial charge in [-0.15, -0.1) is 0 Å². The van der Waals surface area contributed by atoms with Gasteiger partial charge in [-0.3, -0.25) is 4.99 Å². The maximum Gasteiger partial charge on any atom is 0.227 e. The third-order valence-corrected chi connectivity index (χ3v) is 14.3. The molecule has 2 aliphatic heterocycles. The van der Waals surface area contributed by atoms with E-state index in [9.17, 15) is 0 Å². The zero-order valence-electron chi connectivity index (χ0n) is 31.5. The minimum Gasteiger partial charge on any atom is -0.437 e. The van der Waals surface area contributed by atoms with Gasteiger partial charge in [0, 0.05) is 44.3 Å². The first-order valence-corrected chi connectivity index (χ1v) is 23.2. The predicted molar refractivity (Wildman–Crippen MR) is 223 cm³/mol. The van der Waals surface area contributed by atoms with E-state index in [0.717, 1.165) is 63.2 Å². The summed E-state index contributed by atoms with van der Waals surface area (Å²) in [4.78, 5) is 10.3. The van der Waals surface area contributed by atoms with E-state index in [4.69, 9.17) is 21.0 Å². The van der Waals surface area contributed by atoms with Gasteiger partial charge in [-0.1, -0.05) is 126 Å². The Kier molecular flexibility index (Phi) is 8.65. The monoisotopic (exact) mass is 712 g/mol. The SMILES string of the molecule is C=C/C1=N/CC(=C)C2C(CCc3ccc4c(oc5nc(-c6ccccc6)ccc54)c31)c1ccccc1-c1cc(CC3CCCCC3)c([Si](C)(C)C)c[n+]12. The molecule has 0 spiro atoms. The summed E-state index contributed by atoms with van der Waals surface area (Å²) < 4.78 is 9.32. The second-order valence-corrected chi connectivity index (χ2v) is 21.7. The molecule has 2 atom stereocenters. The lowest BCUT2D eigenvalue weighted by Crippen LogP contribution is -2.54. The van der Waals surface area contributed by atoms with Crippen molar-refractivity contribution < 1.29 is 8.98 Å². The number of hydrogen-bond donors (Lipinski definition) is 0. The average molecular weight is 713 g/mol. The maximum absolute atomic E-state index is 6.70. The van der Waals surface area contributed by atoms with Crippen molar-refractivity contribution in [3.05, 3.63) is 138 Å². The van der Waals surface area contributed by atoms with Crippen LogP contribution in [0.15, 0.2) is 125 Å². The lowest BCUT2D eigenvalue weighted by atomic mass is 9.76. The number of nitrogens with zero attached hydrogens (tertiary/aromatic N) is 3. The summed E-state index contributed by atoms with van der Waals surface area (Å²) >= 11 is 0. The van der Waals surface area contributed by atoms with Crippen LogP contribution in [0, 0.1) is 5.92 Å². The van der Waals surface area contributed by atoms with Crippen LogP contribution in [0.4, 0.5) is 0 Å². The van der Waals surface area contributed by atoms with Crippen LogP contribution in [0.5, 0.6) is 0 Å². The summed E-state index contributed by atoms with van der Waals surface area (Å²) in [6.07, 6.45) is 14.4. The summed E-state index contributed by atoms with van der Waals surface area (Å²) in [5.41, 5.74) is 13.5. The topological polar surface area (TPSA) is 42.3 Å². The molecule has 2 unspecified atom stereocenters. The van der Waals surface area contributed by atoms with E-state index in [1.807, 2.05) is 24.3 Å². The second kappa shape index (κ2) is 13.5. The number of furan rings is 1. The third kappa shape index (κ3) is 6.03. The minimum absolute atomic E-state index is 0.116. The van der Waals surface area contributed by atoms with E-state index in [2.05, 4.69) is 104 Å². The minimum atomic E-state index is -1.67. The molecule has 0 radical (unpaired) electrons. The molecule has 266 valence electrons. The van der Waals surface area contributed by atoms with Crippen LogP contribution in [0.3, 0.4) is 0 Å². The molecule has 0 amide bonds. The number of aliphatic imine (C=N–C) groups is 1. The van der Waals surface area contributed by atoms with E-state index in [1.165, 1.54) is 60.9 Å². The van der Waals surface area contributed by atoms with E-state index < -0.39 is 8.07 Å². The summed E-state index contributed by atoms with van der Waals surface area (Å²) in [6, 6.07) is 30.9. The van der Waals surface area contributed by atoms with E-state index in [-0.39, 0.29) is 12.0 Å². The molecule has 3 aromatic heterocycles. The Labute approximate surface area is 315 Å². The molecule has 3 aromatic carbocycles. The molecular weight excluding hydrogens is 663 g/mol. The van der Waals surface area contributed by atoms with E-state index in [1.54, 1.807) is 10.8 Å². The van der Waals surface area contributed by atoms with Crippen molar-refractivity contribution in [1.29, 1.82) is 0 Å². The third-order valence-electron chi connectivity index (χ3n) is 12.3. The molecule has 0 saturated heterocycles. The second-order valence-electron chi connectivity index (χ2n) is 16.7. The quantitative estimate of drug-likeness (QED) is 0.101. The Morgan fingerprint density at radius 2 is 1.66 bits per heavy atom. The van der Waals surface area contributed by atoms with Crippen LogP contribution < -0.4 is 9.75 Å². The lowest BCUT2D eigenvalue weighted by Gasteiger charge is -2.34. The number of pyridine rings is 2. The van der Waals surface area contributed by atoms with Gasteiger partial charge < -0.3 is 4.42 Å². The van der Waals surface area contributed by atoms with Gasteiger partial charge in [0.05, 0.1) is 31.9 Å². The Morgan fingerprint density at radius 1 is 0.887 bits per heavy atom. The number of rotatable bonds is 5. The molecule has 5 heterocycles. The highest BCUT2D eigenvalue weighted by Crippen LogP contribution is 2.45. The van der Waals surface area contributed by atoms with E-state index >= 15 is 0 Å². The van der Waals surface area contributed by atoms with Gasteiger partial charge in [-0.05, 0) is 66.1 Å². The van der Waals surface area contributed by atoms with Crippen LogP contribution in [0.2, 0.25) is 19.6 Å². The fourth-order valence-electron chi connectivity index (χ4n) is 9.67. The number of benzene rings is 3. The number of hydrogen-bond acceptors (Lipinski definition) is 3. The summed E-state index contributed by atoms with van der Waals surface area (Å²) in [5.74, 6) is 1.06. The van der Waals surface area contributed by atoms with Gasteiger partial charge in [0.1, 0.15) is 5.58 Å². The van der Waals surface area contributed by atoms with Crippen LogP contribution in [-0.4, -0.2) is 25.3 Å². The van der Waals surface area contributed by atoms with Crippen molar-refractivity contribution >= 4 is 41.0 Å². The fraction of sp³-hybridized carbons (Fsp3) is 0.312. The van der Waals surface area contributed by atoms with Gasteiger partial charge in [-0.25, -0.2) is 4.98 Å². The van der Waals surface area contributed by atoms with Crippen LogP contribution >= 0.6 is 0 Å². The van der Waals surface area contributed by atoms with Gasteiger partial charge in [0.15, 0.2) is 12.2 Å². The van der Waals surface area contributed by atoms with Gasteiger partial charge >= 0.3 is 0 Å². The molecular formula is C48H50N3OSi+. The summed E-state index contributed by atoms with van der Waals surface area (Å²) in [5, 5.41) is 3.68. The largest absolute Gasteiger partial charge is 0.437 e. The lowest BCUT2D eigenvalue weighted by molar-refractivity contribution is -0.708. The molecule has 0 N–H and O–H groups in total. The molecule has 5 heteroatoms. The van der Waals surface area contributed by atoms with Crippen LogP contribution in [-0.2, 0) is 12.8 Å². The van der Waals surface area contributed by atoms with Crippen LogP contribution in [0.25, 0.3) is 44.6 Å². The zero-order chi connectivity index (χ0) is 36.3. The smallest absolute Gasteiger partial charge is 0.227 e. The van der Waals surface area contributed by atoms with Gasteiger partial charge in [-0.2, -0.15) is 4.57 Å². The number of fused-ring (bicyclic) bond motifs is 11. The van der Waals surface area contributed by atoms with E-state index in [0.29, 0.717) is 12.3 Å². The molecule has 4 nitrogen and oxygen atoms in total. The van der Waals surface area contributed by atoms with Crippen molar-refractivity contribution in [2.75, 3.05) is 6.54 Å². The standard InChI is InChI=1S/C48H50N3OSi/c1-6-41-45-34(22-24-39-40-25-26-42(33-17-11-8-12-18-33)50-48(40)52-47(39)45)21-23-38-36-19-13-14-20-37(36)43-28-35(27-32-15-9-7-10-16-32)44(53(3,4)5)30-51(43)46(38)31(2)29-49-41/h6,8,11-14,17-20,22,24-26,28,30,32,38,46H,1-2,7,9-10,15-16,21,23,27,29H2,3-5H3/q+1/b49-41-. The fourth-order valence-corrected chi connectivity index (χ4v) is 11.3. The highest BCUT2D eigenvalue weighted by atomic mass is 28.3. The molecule has 3 aliphatic rings. The highest BCUT2D eigenvalue weighted by Gasteiger charge is 2.43. The Hall–Kier alpha value is -4.87.